The summed E-state index contributed by atoms with van der Waals surface area (Å²) in [5, 5.41) is 6.38. The number of halogens is 2. The molecule has 0 unspecified atom stereocenters. The van der Waals surface area contributed by atoms with E-state index in [-0.39, 0.29) is 11.1 Å². The first-order valence-corrected chi connectivity index (χ1v) is 6.68. The smallest absolute Gasteiger partial charge is 0.255 e. The van der Waals surface area contributed by atoms with Crippen molar-refractivity contribution in [2.24, 2.45) is 0 Å². The summed E-state index contributed by atoms with van der Waals surface area (Å²) in [5.41, 5.74) is 1.90. The van der Waals surface area contributed by atoms with Crippen LogP contribution in [-0.2, 0) is 0 Å². The summed E-state index contributed by atoms with van der Waals surface area (Å²) >= 11 is 12.0. The van der Waals surface area contributed by atoms with Gasteiger partial charge in [-0.25, -0.2) is 4.98 Å². The summed E-state index contributed by atoms with van der Waals surface area (Å²) in [4.78, 5) is 16.3. The molecule has 0 atom stereocenters. The number of para-hydroxylation sites is 1. The maximum absolute atomic E-state index is 12.3. The first-order valence-electron chi connectivity index (χ1n) is 5.93. The number of pyridine rings is 1. The first-order chi connectivity index (χ1) is 9.51. The van der Waals surface area contributed by atoms with E-state index in [4.69, 9.17) is 23.2 Å². The lowest BCUT2D eigenvalue weighted by molar-refractivity contribution is 0.102. The zero-order chi connectivity index (χ0) is 14.7. The Bertz CT molecular complexity index is 639. The number of nitrogens with one attached hydrogen (secondary N) is 2. The Balaban J connectivity index is 2.31. The fourth-order valence-corrected chi connectivity index (χ4v) is 2.21. The Kier molecular flexibility index (Phi) is 4.47. The van der Waals surface area contributed by atoms with E-state index < -0.39 is 0 Å². The van der Waals surface area contributed by atoms with Crippen LogP contribution in [0, 0.1) is 6.92 Å². The van der Waals surface area contributed by atoms with Gasteiger partial charge in [-0.1, -0.05) is 35.3 Å². The first kappa shape index (κ1) is 14.6. The van der Waals surface area contributed by atoms with E-state index >= 15 is 0 Å². The van der Waals surface area contributed by atoms with Crippen molar-refractivity contribution < 1.29 is 4.79 Å². The van der Waals surface area contributed by atoms with Gasteiger partial charge in [-0.2, -0.15) is 0 Å². The topological polar surface area (TPSA) is 54.0 Å². The molecule has 0 radical (unpaired) electrons. The number of amides is 1. The highest BCUT2D eigenvalue weighted by Gasteiger charge is 2.12. The molecule has 2 N–H and O–H groups in total. The summed E-state index contributed by atoms with van der Waals surface area (Å²) in [5.74, 6) is 0.237. The minimum absolute atomic E-state index is 0.248. The lowest BCUT2D eigenvalue weighted by Crippen LogP contribution is -2.14. The standard InChI is InChI=1S/C14H13Cl2N3O/c1-8-4-3-5-10(15)13(8)19-14(20)9-6-11(16)18-12(7-9)17-2/h3-7H,1-2H3,(H,17,18)(H,19,20). The average Bonchev–Trinajstić information content (AvgIpc) is 2.42. The number of nitrogens with zero attached hydrogens (tertiary/aromatic N) is 1. The number of aromatic nitrogens is 1. The van der Waals surface area contributed by atoms with Gasteiger partial charge < -0.3 is 10.6 Å². The number of hydrogen-bond donors (Lipinski definition) is 2. The van der Waals surface area contributed by atoms with E-state index in [0.29, 0.717) is 22.1 Å². The van der Waals surface area contributed by atoms with Crippen molar-refractivity contribution in [3.05, 3.63) is 51.6 Å². The number of carbonyl (C=O) groups is 1. The molecule has 0 aliphatic carbocycles. The van der Waals surface area contributed by atoms with Crippen LogP contribution in [0.15, 0.2) is 30.3 Å². The van der Waals surface area contributed by atoms with Gasteiger partial charge in [0.25, 0.3) is 5.91 Å². The van der Waals surface area contributed by atoms with Crippen LogP contribution in [0.4, 0.5) is 11.5 Å². The number of aryl methyl sites for hydroxylation is 1. The molecule has 0 aliphatic heterocycles. The van der Waals surface area contributed by atoms with E-state index in [1.807, 2.05) is 19.1 Å². The van der Waals surface area contributed by atoms with Crippen molar-refractivity contribution in [2.75, 3.05) is 17.7 Å². The van der Waals surface area contributed by atoms with Crippen LogP contribution in [0.3, 0.4) is 0 Å². The Labute approximate surface area is 127 Å². The van der Waals surface area contributed by atoms with Crippen LogP contribution in [0.25, 0.3) is 0 Å². The van der Waals surface area contributed by atoms with E-state index in [0.717, 1.165) is 5.56 Å². The highest BCUT2D eigenvalue weighted by molar-refractivity contribution is 6.34. The van der Waals surface area contributed by atoms with Gasteiger partial charge in [-0.05, 0) is 30.7 Å². The van der Waals surface area contributed by atoms with Crippen LogP contribution < -0.4 is 10.6 Å². The van der Waals surface area contributed by atoms with Crippen molar-refractivity contribution in [1.29, 1.82) is 0 Å². The van der Waals surface area contributed by atoms with Gasteiger partial charge in [0.05, 0.1) is 10.7 Å². The van der Waals surface area contributed by atoms with E-state index in [1.165, 1.54) is 6.07 Å². The molecular weight excluding hydrogens is 297 g/mol. The van der Waals surface area contributed by atoms with E-state index in [2.05, 4.69) is 15.6 Å². The SMILES string of the molecule is CNc1cc(C(=O)Nc2c(C)cccc2Cl)cc(Cl)n1. The molecule has 20 heavy (non-hydrogen) atoms. The van der Waals surface area contributed by atoms with Crippen molar-refractivity contribution >= 4 is 40.6 Å². The third kappa shape index (κ3) is 3.21. The zero-order valence-corrected chi connectivity index (χ0v) is 12.5. The number of hydrogen-bond acceptors (Lipinski definition) is 3. The molecule has 0 saturated carbocycles. The lowest BCUT2D eigenvalue weighted by atomic mass is 10.2. The maximum atomic E-state index is 12.3. The molecule has 0 fully saturated rings. The van der Waals surface area contributed by atoms with E-state index in [1.54, 1.807) is 19.2 Å². The van der Waals surface area contributed by atoms with Crippen LogP contribution in [0.2, 0.25) is 10.2 Å². The van der Waals surface area contributed by atoms with Crippen LogP contribution in [0.1, 0.15) is 15.9 Å². The molecule has 0 aliphatic rings. The van der Waals surface area contributed by atoms with Crippen LogP contribution in [-0.4, -0.2) is 17.9 Å². The van der Waals surface area contributed by atoms with Gasteiger partial charge in [0.15, 0.2) is 0 Å². The highest BCUT2D eigenvalue weighted by Crippen LogP contribution is 2.26. The Hall–Kier alpha value is -1.78. The van der Waals surface area contributed by atoms with Gasteiger partial charge in [0.2, 0.25) is 0 Å². The molecule has 1 aromatic heterocycles. The number of anilines is 2. The van der Waals surface area contributed by atoms with Gasteiger partial charge in [-0.3, -0.25) is 4.79 Å². The number of benzene rings is 1. The molecule has 1 heterocycles. The normalized spacial score (nSPS) is 10.2. The molecule has 0 spiro atoms. The lowest BCUT2D eigenvalue weighted by Gasteiger charge is -2.11. The fourth-order valence-electron chi connectivity index (χ4n) is 1.73. The Morgan fingerprint density at radius 1 is 1.25 bits per heavy atom. The third-order valence-corrected chi connectivity index (χ3v) is 3.28. The molecule has 6 heteroatoms. The molecular formula is C14H13Cl2N3O. The van der Waals surface area contributed by atoms with Crippen LogP contribution in [0.5, 0.6) is 0 Å². The molecule has 1 aromatic carbocycles. The molecule has 0 saturated heterocycles. The Morgan fingerprint density at radius 2 is 2.00 bits per heavy atom. The largest absolute Gasteiger partial charge is 0.373 e. The van der Waals surface area contributed by atoms with Crippen LogP contribution >= 0.6 is 23.2 Å². The second kappa shape index (κ2) is 6.11. The highest BCUT2D eigenvalue weighted by atomic mass is 35.5. The number of carbonyl (C=O) groups excluding carboxylic acids is 1. The van der Waals surface area contributed by atoms with Gasteiger partial charge in [0.1, 0.15) is 11.0 Å². The van der Waals surface area contributed by atoms with Gasteiger partial charge in [0, 0.05) is 12.6 Å². The summed E-state index contributed by atoms with van der Waals surface area (Å²) in [6, 6.07) is 8.55. The third-order valence-electron chi connectivity index (χ3n) is 2.77. The minimum atomic E-state index is -0.290. The van der Waals surface area contributed by atoms with Gasteiger partial charge in [-0.15, -0.1) is 0 Å². The predicted octanol–water partition coefficient (Wildman–Crippen LogP) is 3.99. The van der Waals surface area contributed by atoms with Crippen molar-refractivity contribution in [3.63, 3.8) is 0 Å². The fraction of sp³-hybridized carbons (Fsp3) is 0.143. The summed E-state index contributed by atoms with van der Waals surface area (Å²) < 4.78 is 0. The summed E-state index contributed by atoms with van der Waals surface area (Å²) in [6.07, 6.45) is 0. The summed E-state index contributed by atoms with van der Waals surface area (Å²) in [7, 11) is 1.71. The Morgan fingerprint density at radius 3 is 2.65 bits per heavy atom. The minimum Gasteiger partial charge on any atom is -0.373 e. The van der Waals surface area contributed by atoms with Crippen molar-refractivity contribution in [1.82, 2.24) is 4.98 Å². The van der Waals surface area contributed by atoms with Gasteiger partial charge >= 0.3 is 0 Å². The maximum Gasteiger partial charge on any atom is 0.255 e. The molecule has 104 valence electrons. The zero-order valence-electron chi connectivity index (χ0n) is 11.0. The molecule has 2 rings (SSSR count). The van der Waals surface area contributed by atoms with Crippen molar-refractivity contribution in [3.8, 4) is 0 Å². The molecule has 4 nitrogen and oxygen atoms in total. The molecule has 0 bridgehead atoms. The average molecular weight is 310 g/mol. The van der Waals surface area contributed by atoms with Crippen molar-refractivity contribution in [2.45, 2.75) is 6.92 Å². The second-order valence-corrected chi connectivity index (χ2v) is 4.99. The number of rotatable bonds is 3. The summed E-state index contributed by atoms with van der Waals surface area (Å²) in [6.45, 7) is 1.88. The quantitative estimate of drug-likeness (QED) is 0.843. The molecule has 2 aromatic rings. The second-order valence-electron chi connectivity index (χ2n) is 4.20. The monoisotopic (exact) mass is 309 g/mol. The predicted molar refractivity (Wildman–Crippen MR) is 82.9 cm³/mol. The molecule has 1 amide bonds. The van der Waals surface area contributed by atoms with E-state index in [9.17, 15) is 4.79 Å².